The molecule has 3 nitrogen and oxygen atoms in total. The topological polar surface area (TPSA) is 44.1 Å². The van der Waals surface area contributed by atoms with Crippen molar-refractivity contribution in [3.05, 3.63) is 70.0 Å². The fourth-order valence-corrected chi connectivity index (χ4v) is 3.54. The molecular formula is C29H42ClFN2O. The van der Waals surface area contributed by atoms with Gasteiger partial charge in [-0.05, 0) is 74.5 Å². The van der Waals surface area contributed by atoms with Crippen molar-refractivity contribution < 1.29 is 9.18 Å². The van der Waals surface area contributed by atoms with Gasteiger partial charge in [0.05, 0.1) is 10.6 Å². The third-order valence-corrected chi connectivity index (χ3v) is 6.05. The number of halogens is 2. The fraction of sp³-hybridized carbons (Fsp3) is 0.517. The molecule has 0 aromatic heterocycles. The van der Waals surface area contributed by atoms with Gasteiger partial charge in [-0.25, -0.2) is 4.39 Å². The predicted octanol–water partition coefficient (Wildman–Crippen LogP) is 7.73. The molecule has 2 aromatic rings. The standard InChI is InChI=1S/C9H19N.C8H6ClN.C8H9F.C4H8O/c1-4-8(2)9-5-6-10(3)7-9;1-6-2-3-7(5-10)8(9)4-6;1-2-7-5-3-4-6-8(7)9;1-4(2)3-5/h8-9H,4-7H2,1-3H3;2-4H,1H3;3-6H,2H2,1H3;3-4H,1-2H3. The summed E-state index contributed by atoms with van der Waals surface area (Å²) in [5, 5.41) is 9.00. The summed E-state index contributed by atoms with van der Waals surface area (Å²) < 4.78 is 12.6. The molecule has 0 bridgehead atoms. The quantitative estimate of drug-likeness (QED) is 0.413. The van der Waals surface area contributed by atoms with Crippen LogP contribution in [0.4, 0.5) is 4.39 Å². The largest absolute Gasteiger partial charge is 0.306 e. The van der Waals surface area contributed by atoms with Crippen LogP contribution in [0.2, 0.25) is 5.02 Å². The molecule has 1 saturated heterocycles. The lowest BCUT2D eigenvalue weighted by Crippen LogP contribution is -2.17. The number of hydrogen-bond acceptors (Lipinski definition) is 3. The number of nitrogens with zero attached hydrogens (tertiary/aromatic N) is 2. The molecule has 2 aromatic carbocycles. The number of likely N-dealkylation sites (tertiary alicyclic amines) is 1. The summed E-state index contributed by atoms with van der Waals surface area (Å²) in [5.41, 5.74) is 2.40. The number of carbonyl (C=O) groups excluding carboxylic acids is 1. The molecule has 1 aliphatic rings. The lowest BCUT2D eigenvalue weighted by Gasteiger charge is -2.16. The zero-order valence-electron chi connectivity index (χ0n) is 21.9. The number of hydrogen-bond donors (Lipinski definition) is 0. The van der Waals surface area contributed by atoms with Crippen LogP contribution in [0, 0.1) is 41.8 Å². The summed E-state index contributed by atoms with van der Waals surface area (Å²) >= 11 is 5.71. The number of nitriles is 1. The second-order valence-electron chi connectivity index (χ2n) is 9.12. The van der Waals surface area contributed by atoms with Crippen molar-refractivity contribution in [1.82, 2.24) is 4.90 Å². The number of benzene rings is 2. The maximum atomic E-state index is 12.6. The van der Waals surface area contributed by atoms with E-state index in [-0.39, 0.29) is 11.7 Å². The van der Waals surface area contributed by atoms with Gasteiger partial charge >= 0.3 is 0 Å². The third-order valence-electron chi connectivity index (χ3n) is 5.73. The van der Waals surface area contributed by atoms with Crippen LogP contribution in [-0.4, -0.2) is 31.3 Å². The molecule has 34 heavy (non-hydrogen) atoms. The minimum atomic E-state index is -0.0972. The highest BCUT2D eigenvalue weighted by Crippen LogP contribution is 2.24. The van der Waals surface area contributed by atoms with Gasteiger partial charge in [0.25, 0.3) is 0 Å². The lowest BCUT2D eigenvalue weighted by atomic mass is 9.91. The first-order chi connectivity index (χ1) is 16.1. The summed E-state index contributed by atoms with van der Waals surface area (Å²) in [6.07, 6.45) is 4.46. The molecule has 0 radical (unpaired) electrons. The van der Waals surface area contributed by atoms with Gasteiger partial charge in [0.1, 0.15) is 18.2 Å². The van der Waals surface area contributed by atoms with E-state index in [1.54, 1.807) is 24.3 Å². The van der Waals surface area contributed by atoms with Crippen molar-refractivity contribution in [2.24, 2.45) is 17.8 Å². The van der Waals surface area contributed by atoms with E-state index < -0.39 is 0 Å². The Morgan fingerprint density at radius 2 is 1.82 bits per heavy atom. The van der Waals surface area contributed by atoms with Crippen LogP contribution >= 0.6 is 11.6 Å². The van der Waals surface area contributed by atoms with Crippen molar-refractivity contribution in [3.8, 4) is 6.07 Å². The predicted molar refractivity (Wildman–Crippen MR) is 143 cm³/mol. The van der Waals surface area contributed by atoms with Crippen LogP contribution in [-0.2, 0) is 11.2 Å². The Morgan fingerprint density at radius 1 is 1.21 bits per heavy atom. The summed E-state index contributed by atoms with van der Waals surface area (Å²) in [6.45, 7) is 14.9. The molecule has 188 valence electrons. The molecule has 1 heterocycles. The Hall–Kier alpha value is -2.22. The molecule has 2 unspecified atom stereocenters. The maximum Gasteiger partial charge on any atom is 0.126 e. The molecule has 0 aliphatic carbocycles. The van der Waals surface area contributed by atoms with Crippen LogP contribution in [0.5, 0.6) is 0 Å². The van der Waals surface area contributed by atoms with Crippen LogP contribution in [0.1, 0.15) is 64.2 Å². The van der Waals surface area contributed by atoms with Crippen molar-refractivity contribution in [2.75, 3.05) is 20.1 Å². The molecule has 1 fully saturated rings. The smallest absolute Gasteiger partial charge is 0.126 e. The van der Waals surface area contributed by atoms with Gasteiger partial charge in [-0.3, -0.25) is 0 Å². The average molecular weight is 489 g/mol. The molecule has 3 rings (SSSR count). The Balaban J connectivity index is 0.000000439. The third kappa shape index (κ3) is 13.5. The van der Waals surface area contributed by atoms with E-state index in [9.17, 15) is 9.18 Å². The number of carbonyl (C=O) groups is 1. The van der Waals surface area contributed by atoms with Crippen molar-refractivity contribution in [3.63, 3.8) is 0 Å². The molecule has 0 saturated carbocycles. The molecule has 5 heteroatoms. The van der Waals surface area contributed by atoms with Crippen LogP contribution < -0.4 is 0 Å². The molecule has 0 spiro atoms. The molecule has 0 amide bonds. The van der Waals surface area contributed by atoms with E-state index in [1.165, 1.54) is 32.0 Å². The Bertz CT molecular complexity index is 879. The van der Waals surface area contributed by atoms with Gasteiger partial charge in [0, 0.05) is 12.5 Å². The van der Waals surface area contributed by atoms with Crippen LogP contribution in [0.3, 0.4) is 0 Å². The zero-order chi connectivity index (χ0) is 26.1. The van der Waals surface area contributed by atoms with Crippen molar-refractivity contribution in [2.45, 2.75) is 60.8 Å². The summed E-state index contributed by atoms with van der Waals surface area (Å²) in [6, 6.07) is 14.2. The van der Waals surface area contributed by atoms with E-state index in [1.807, 2.05) is 45.9 Å². The number of rotatable bonds is 4. The highest BCUT2D eigenvalue weighted by Gasteiger charge is 2.23. The van der Waals surface area contributed by atoms with Gasteiger partial charge in [-0.2, -0.15) is 5.26 Å². The summed E-state index contributed by atoms with van der Waals surface area (Å²) in [4.78, 5) is 11.9. The van der Waals surface area contributed by atoms with Gasteiger partial charge in [-0.15, -0.1) is 0 Å². The van der Waals surface area contributed by atoms with Crippen LogP contribution in [0.25, 0.3) is 0 Å². The van der Waals surface area contributed by atoms with E-state index >= 15 is 0 Å². The van der Waals surface area contributed by atoms with Gasteiger partial charge in [0.15, 0.2) is 0 Å². The zero-order valence-corrected chi connectivity index (χ0v) is 22.7. The summed E-state index contributed by atoms with van der Waals surface area (Å²) in [5.74, 6) is 2.02. The van der Waals surface area contributed by atoms with Crippen molar-refractivity contribution >= 4 is 17.9 Å². The first kappa shape index (κ1) is 31.8. The first-order valence-corrected chi connectivity index (χ1v) is 12.5. The molecule has 1 aliphatic heterocycles. The Morgan fingerprint density at radius 3 is 2.21 bits per heavy atom. The minimum absolute atomic E-state index is 0.0972. The van der Waals surface area contributed by atoms with E-state index in [0.29, 0.717) is 10.6 Å². The minimum Gasteiger partial charge on any atom is -0.306 e. The summed E-state index contributed by atoms with van der Waals surface area (Å²) in [7, 11) is 2.22. The van der Waals surface area contributed by atoms with E-state index in [4.69, 9.17) is 16.9 Å². The van der Waals surface area contributed by atoms with Gasteiger partial charge < -0.3 is 9.69 Å². The lowest BCUT2D eigenvalue weighted by molar-refractivity contribution is -0.110. The Kier molecular flexibility index (Phi) is 17.0. The van der Waals surface area contributed by atoms with Gasteiger partial charge in [-0.1, -0.05) is 76.9 Å². The average Bonchev–Trinajstić information content (AvgIpc) is 3.26. The van der Waals surface area contributed by atoms with Crippen molar-refractivity contribution in [1.29, 1.82) is 5.26 Å². The molecule has 0 N–H and O–H groups in total. The molecular weight excluding hydrogens is 447 g/mol. The fourth-order valence-electron chi connectivity index (χ4n) is 3.26. The first-order valence-electron chi connectivity index (χ1n) is 12.1. The normalized spacial score (nSPS) is 15.5. The van der Waals surface area contributed by atoms with Crippen LogP contribution in [0.15, 0.2) is 42.5 Å². The highest BCUT2D eigenvalue weighted by molar-refractivity contribution is 6.31. The molecule has 2 atom stereocenters. The highest BCUT2D eigenvalue weighted by atomic mass is 35.5. The second-order valence-corrected chi connectivity index (χ2v) is 9.52. The second kappa shape index (κ2) is 18.2. The number of aldehydes is 1. The van der Waals surface area contributed by atoms with Gasteiger partial charge in [0.2, 0.25) is 0 Å². The maximum absolute atomic E-state index is 12.6. The Labute approximate surface area is 211 Å². The SMILES string of the molecule is CC(C)C=O.CCC(C)C1CCN(C)C1.CCc1ccccc1F.Cc1ccc(C#N)c(Cl)c1. The number of aryl methyl sites for hydroxylation is 2. The monoisotopic (exact) mass is 488 g/mol. The van der Waals surface area contributed by atoms with E-state index in [2.05, 4.69) is 25.8 Å². The van der Waals surface area contributed by atoms with E-state index in [0.717, 1.165) is 35.7 Å².